The minimum atomic E-state index is 0.103. The maximum absolute atomic E-state index is 13.0. The molecule has 0 unspecified atom stereocenters. The normalized spacial score (nSPS) is 17.2. The summed E-state index contributed by atoms with van der Waals surface area (Å²) in [5.41, 5.74) is 3.51. The second kappa shape index (κ2) is 8.58. The Balaban J connectivity index is 1.90. The third kappa shape index (κ3) is 4.59. The van der Waals surface area contributed by atoms with E-state index in [1.807, 2.05) is 54.6 Å². The molecule has 1 aliphatic carbocycles. The lowest BCUT2D eigenvalue weighted by Crippen LogP contribution is -2.12. The van der Waals surface area contributed by atoms with Gasteiger partial charge in [0, 0.05) is 17.2 Å². The van der Waals surface area contributed by atoms with E-state index in [2.05, 4.69) is 0 Å². The zero-order valence-corrected chi connectivity index (χ0v) is 16.0. The number of carbonyl (C=O) groups excluding carboxylic acids is 1. The lowest BCUT2D eigenvalue weighted by molar-refractivity contribution is -0.112. The summed E-state index contributed by atoms with van der Waals surface area (Å²) in [6.07, 6.45) is 6.41. The molecule has 3 rings (SSSR count). The molecule has 0 N–H and O–H groups in total. The molecule has 0 aromatic heterocycles. The van der Waals surface area contributed by atoms with Gasteiger partial charge in [-0.2, -0.15) is 0 Å². The van der Waals surface area contributed by atoms with Gasteiger partial charge in [-0.3, -0.25) is 4.79 Å². The third-order valence-electron chi connectivity index (χ3n) is 4.62. The van der Waals surface area contributed by atoms with Crippen molar-refractivity contribution in [2.75, 3.05) is 21.3 Å². The van der Waals surface area contributed by atoms with Crippen molar-refractivity contribution in [3.8, 4) is 17.2 Å². The second-order valence-corrected chi connectivity index (χ2v) is 6.44. The summed E-state index contributed by atoms with van der Waals surface area (Å²) < 4.78 is 15.9. The van der Waals surface area contributed by atoms with Crippen LogP contribution >= 0.6 is 0 Å². The van der Waals surface area contributed by atoms with E-state index in [9.17, 15) is 4.79 Å². The van der Waals surface area contributed by atoms with E-state index in [0.717, 1.165) is 47.3 Å². The Morgan fingerprint density at radius 2 is 1.30 bits per heavy atom. The standard InChI is InChI=1S/C23H24O4/c1-25-20-9-4-6-16(12-20)10-18-7-5-8-19(23(18)24)11-17-13-21(26-2)15-22(14-17)27-3/h4,6,9-15H,5,7-8H2,1-3H3. The number of carbonyl (C=O) groups is 1. The molecule has 140 valence electrons. The van der Waals surface area contributed by atoms with Crippen molar-refractivity contribution in [2.24, 2.45) is 0 Å². The average molecular weight is 364 g/mol. The summed E-state index contributed by atoms with van der Waals surface area (Å²) >= 11 is 0. The first-order valence-corrected chi connectivity index (χ1v) is 8.96. The Kier molecular flexibility index (Phi) is 5.97. The first kappa shape index (κ1) is 18.8. The maximum Gasteiger partial charge on any atom is 0.185 e. The molecule has 0 bridgehead atoms. The van der Waals surface area contributed by atoms with Crippen molar-refractivity contribution < 1.29 is 19.0 Å². The van der Waals surface area contributed by atoms with Gasteiger partial charge in [-0.15, -0.1) is 0 Å². The van der Waals surface area contributed by atoms with E-state index < -0.39 is 0 Å². The first-order valence-electron chi connectivity index (χ1n) is 8.96. The van der Waals surface area contributed by atoms with Crippen molar-refractivity contribution >= 4 is 17.9 Å². The number of hydrogen-bond donors (Lipinski definition) is 0. The lowest BCUT2D eigenvalue weighted by atomic mass is 9.87. The zero-order chi connectivity index (χ0) is 19.2. The van der Waals surface area contributed by atoms with Gasteiger partial charge < -0.3 is 14.2 Å². The number of Topliss-reactive ketones (excluding diaryl/α,β-unsaturated/α-hetero) is 1. The SMILES string of the molecule is COc1cccc(C=C2CCCC(=Cc3cc(OC)cc(OC)c3)C2=O)c1. The molecule has 0 amide bonds. The van der Waals surface area contributed by atoms with Crippen LogP contribution in [-0.4, -0.2) is 27.1 Å². The van der Waals surface area contributed by atoms with Gasteiger partial charge in [-0.25, -0.2) is 0 Å². The highest BCUT2D eigenvalue weighted by Crippen LogP contribution is 2.30. The molecule has 2 aromatic rings. The van der Waals surface area contributed by atoms with Crippen molar-refractivity contribution in [2.45, 2.75) is 19.3 Å². The topological polar surface area (TPSA) is 44.8 Å². The van der Waals surface area contributed by atoms with Crippen molar-refractivity contribution in [3.05, 3.63) is 64.7 Å². The molecule has 0 heterocycles. The van der Waals surface area contributed by atoms with Gasteiger partial charge in [0.15, 0.2) is 5.78 Å². The quantitative estimate of drug-likeness (QED) is 0.706. The fourth-order valence-electron chi connectivity index (χ4n) is 3.22. The van der Waals surface area contributed by atoms with Gasteiger partial charge >= 0.3 is 0 Å². The van der Waals surface area contributed by atoms with E-state index in [1.165, 1.54) is 0 Å². The predicted molar refractivity (Wildman–Crippen MR) is 107 cm³/mol. The molecule has 2 aromatic carbocycles. The molecule has 0 spiro atoms. The Morgan fingerprint density at radius 3 is 1.89 bits per heavy atom. The van der Waals surface area contributed by atoms with Crippen LogP contribution in [0.25, 0.3) is 12.2 Å². The second-order valence-electron chi connectivity index (χ2n) is 6.44. The van der Waals surface area contributed by atoms with Crippen LogP contribution in [0.5, 0.6) is 17.2 Å². The van der Waals surface area contributed by atoms with Crippen LogP contribution in [0, 0.1) is 0 Å². The van der Waals surface area contributed by atoms with Crippen molar-refractivity contribution in [3.63, 3.8) is 0 Å². The van der Waals surface area contributed by atoms with Gasteiger partial charge in [0.1, 0.15) is 17.2 Å². The first-order chi connectivity index (χ1) is 13.1. The molecule has 0 saturated heterocycles. The number of methoxy groups -OCH3 is 3. The fourth-order valence-corrected chi connectivity index (χ4v) is 3.22. The predicted octanol–water partition coefficient (Wildman–Crippen LogP) is 4.93. The van der Waals surface area contributed by atoms with Crippen LogP contribution in [0.1, 0.15) is 30.4 Å². The lowest BCUT2D eigenvalue weighted by Gasteiger charge is -2.17. The molecule has 1 saturated carbocycles. The molecule has 4 nitrogen and oxygen atoms in total. The molecule has 4 heteroatoms. The van der Waals surface area contributed by atoms with Crippen molar-refractivity contribution in [1.29, 1.82) is 0 Å². The van der Waals surface area contributed by atoms with E-state index in [1.54, 1.807) is 21.3 Å². The minimum absolute atomic E-state index is 0.103. The largest absolute Gasteiger partial charge is 0.497 e. The molecule has 1 fully saturated rings. The minimum Gasteiger partial charge on any atom is -0.497 e. The molecule has 1 aliphatic rings. The van der Waals surface area contributed by atoms with Crippen LogP contribution < -0.4 is 14.2 Å². The molecular formula is C23H24O4. The van der Waals surface area contributed by atoms with Gasteiger partial charge in [-0.05, 0) is 66.8 Å². The summed E-state index contributed by atoms with van der Waals surface area (Å²) in [5.74, 6) is 2.30. The molecular weight excluding hydrogens is 340 g/mol. The summed E-state index contributed by atoms with van der Waals surface area (Å²) in [5, 5.41) is 0. The van der Waals surface area contributed by atoms with Crippen LogP contribution in [0.2, 0.25) is 0 Å². The maximum atomic E-state index is 13.0. The Hall–Kier alpha value is -3.01. The van der Waals surface area contributed by atoms with Gasteiger partial charge in [0.25, 0.3) is 0 Å². The number of ether oxygens (including phenoxy) is 3. The average Bonchev–Trinajstić information content (AvgIpc) is 2.70. The highest BCUT2D eigenvalue weighted by molar-refractivity contribution is 6.14. The Labute approximate surface area is 160 Å². The monoisotopic (exact) mass is 364 g/mol. The highest BCUT2D eigenvalue weighted by atomic mass is 16.5. The van der Waals surface area contributed by atoms with Gasteiger partial charge in [0.2, 0.25) is 0 Å². The van der Waals surface area contributed by atoms with Crippen LogP contribution in [-0.2, 0) is 4.79 Å². The number of allylic oxidation sites excluding steroid dienone is 2. The highest BCUT2D eigenvalue weighted by Gasteiger charge is 2.20. The van der Waals surface area contributed by atoms with Gasteiger partial charge in [0.05, 0.1) is 21.3 Å². The van der Waals surface area contributed by atoms with Gasteiger partial charge in [-0.1, -0.05) is 12.1 Å². The Bertz CT molecular complexity index is 871. The summed E-state index contributed by atoms with van der Waals surface area (Å²) in [6.45, 7) is 0. The molecule has 0 atom stereocenters. The number of hydrogen-bond acceptors (Lipinski definition) is 4. The fraction of sp³-hybridized carbons (Fsp3) is 0.261. The van der Waals surface area contributed by atoms with E-state index in [-0.39, 0.29) is 5.78 Å². The van der Waals surface area contributed by atoms with Crippen LogP contribution in [0.15, 0.2) is 53.6 Å². The van der Waals surface area contributed by atoms with E-state index >= 15 is 0 Å². The summed E-state index contributed by atoms with van der Waals surface area (Å²) in [6, 6.07) is 13.4. The Morgan fingerprint density at radius 1 is 0.741 bits per heavy atom. The molecule has 0 radical (unpaired) electrons. The smallest absolute Gasteiger partial charge is 0.185 e. The number of benzene rings is 2. The zero-order valence-electron chi connectivity index (χ0n) is 16.0. The van der Waals surface area contributed by atoms with Crippen molar-refractivity contribution in [1.82, 2.24) is 0 Å². The van der Waals surface area contributed by atoms with Crippen LogP contribution in [0.4, 0.5) is 0 Å². The third-order valence-corrected chi connectivity index (χ3v) is 4.62. The summed E-state index contributed by atoms with van der Waals surface area (Å²) in [7, 11) is 4.88. The van der Waals surface area contributed by atoms with E-state index in [0.29, 0.717) is 11.5 Å². The van der Waals surface area contributed by atoms with Crippen LogP contribution in [0.3, 0.4) is 0 Å². The molecule has 27 heavy (non-hydrogen) atoms. The molecule has 0 aliphatic heterocycles. The summed E-state index contributed by atoms with van der Waals surface area (Å²) in [4.78, 5) is 13.0. The number of ketones is 1. The number of rotatable bonds is 5. The van der Waals surface area contributed by atoms with E-state index in [4.69, 9.17) is 14.2 Å².